The van der Waals surface area contributed by atoms with Crippen molar-refractivity contribution in [2.45, 2.75) is 18.7 Å². The Bertz CT molecular complexity index is 1160. The summed E-state index contributed by atoms with van der Waals surface area (Å²) in [6.45, 7) is 1.91. The van der Waals surface area contributed by atoms with Gasteiger partial charge in [0.15, 0.2) is 0 Å². The number of amides is 2. The first-order valence-corrected chi connectivity index (χ1v) is 13.0. The third-order valence-electron chi connectivity index (χ3n) is 4.77. The molecule has 0 radical (unpaired) electrons. The highest BCUT2D eigenvalue weighted by Crippen LogP contribution is 2.28. The van der Waals surface area contributed by atoms with E-state index in [1.165, 1.54) is 28.8 Å². The topological polar surface area (TPSA) is 58.6 Å². The Morgan fingerprint density at radius 3 is 2.50 bits per heavy atom. The SMILES string of the molecule is CC(SCC(=O)Nc1cccc(Br)c1)C(=O)N(C)Cc1cc(F)ccc1Oc1ccc(Br)cc1. The van der Waals surface area contributed by atoms with Crippen LogP contribution >= 0.6 is 43.6 Å². The summed E-state index contributed by atoms with van der Waals surface area (Å²) in [7, 11) is 1.65. The fourth-order valence-electron chi connectivity index (χ4n) is 3.08. The smallest absolute Gasteiger partial charge is 0.235 e. The average molecular weight is 610 g/mol. The maximum atomic E-state index is 13.9. The van der Waals surface area contributed by atoms with Gasteiger partial charge in [-0.15, -0.1) is 11.8 Å². The van der Waals surface area contributed by atoms with Crippen molar-refractivity contribution in [3.8, 4) is 11.5 Å². The van der Waals surface area contributed by atoms with Crippen LogP contribution in [0.15, 0.2) is 75.7 Å². The number of nitrogens with one attached hydrogen (secondary N) is 1. The van der Waals surface area contributed by atoms with Crippen molar-refractivity contribution in [2.24, 2.45) is 0 Å². The molecule has 0 aliphatic heterocycles. The minimum atomic E-state index is -0.456. The van der Waals surface area contributed by atoms with E-state index in [0.29, 0.717) is 22.7 Å². The Labute approximate surface area is 219 Å². The summed E-state index contributed by atoms with van der Waals surface area (Å²) in [6, 6.07) is 18.8. The summed E-state index contributed by atoms with van der Waals surface area (Å²) in [5, 5.41) is 2.35. The molecule has 0 fully saturated rings. The van der Waals surface area contributed by atoms with Crippen LogP contribution in [0.5, 0.6) is 11.5 Å². The highest BCUT2D eigenvalue weighted by atomic mass is 79.9. The van der Waals surface area contributed by atoms with Gasteiger partial charge >= 0.3 is 0 Å². The summed E-state index contributed by atoms with van der Waals surface area (Å²) in [5.41, 5.74) is 1.23. The number of thioether (sulfide) groups is 1. The molecule has 5 nitrogen and oxygen atoms in total. The zero-order valence-electron chi connectivity index (χ0n) is 18.6. The van der Waals surface area contributed by atoms with Gasteiger partial charge in [-0.05, 0) is 67.6 Å². The molecule has 0 aliphatic rings. The highest BCUT2D eigenvalue weighted by Gasteiger charge is 2.21. The quantitative estimate of drug-likeness (QED) is 0.288. The van der Waals surface area contributed by atoms with E-state index < -0.39 is 11.1 Å². The van der Waals surface area contributed by atoms with E-state index in [9.17, 15) is 14.0 Å². The van der Waals surface area contributed by atoms with Gasteiger partial charge in [0.1, 0.15) is 17.3 Å². The number of carbonyl (C=O) groups excluding carboxylic acids is 2. The monoisotopic (exact) mass is 608 g/mol. The average Bonchev–Trinajstić information content (AvgIpc) is 2.80. The molecule has 1 unspecified atom stereocenters. The Kier molecular flexibility index (Phi) is 9.55. The van der Waals surface area contributed by atoms with Crippen molar-refractivity contribution in [3.05, 3.63) is 87.1 Å². The van der Waals surface area contributed by atoms with Crippen molar-refractivity contribution in [3.63, 3.8) is 0 Å². The molecule has 0 saturated heterocycles. The van der Waals surface area contributed by atoms with Gasteiger partial charge in [0, 0.05) is 33.8 Å². The first-order chi connectivity index (χ1) is 16.2. The largest absolute Gasteiger partial charge is 0.457 e. The van der Waals surface area contributed by atoms with E-state index in [4.69, 9.17) is 4.74 Å². The molecule has 34 heavy (non-hydrogen) atoms. The fraction of sp³-hybridized carbons (Fsp3) is 0.200. The zero-order chi connectivity index (χ0) is 24.7. The molecular formula is C25H23Br2FN2O3S. The highest BCUT2D eigenvalue weighted by molar-refractivity contribution is 9.10. The molecule has 0 saturated carbocycles. The molecule has 2 amide bonds. The predicted octanol–water partition coefficient (Wildman–Crippen LogP) is 6.86. The lowest BCUT2D eigenvalue weighted by Gasteiger charge is -2.22. The summed E-state index contributed by atoms with van der Waals surface area (Å²) in [6.07, 6.45) is 0. The fourth-order valence-corrected chi connectivity index (χ4v) is 4.54. The zero-order valence-corrected chi connectivity index (χ0v) is 22.5. The van der Waals surface area contributed by atoms with Crippen LogP contribution in [-0.4, -0.2) is 34.8 Å². The number of hydrogen-bond acceptors (Lipinski definition) is 4. The standard InChI is InChI=1S/C25H23Br2FN2O3S/c1-16(34-15-24(31)29-21-5-3-4-19(27)13-21)25(32)30(2)14-17-12-20(28)8-11-23(17)33-22-9-6-18(26)7-10-22/h3-13,16H,14-15H2,1-2H3,(H,29,31). The molecule has 3 rings (SSSR count). The second-order valence-corrected chi connectivity index (χ2v) is 10.7. The first-order valence-electron chi connectivity index (χ1n) is 10.3. The van der Waals surface area contributed by atoms with Crippen molar-refractivity contribution in [1.29, 1.82) is 0 Å². The summed E-state index contributed by atoms with van der Waals surface area (Å²) in [5.74, 6) is 0.429. The van der Waals surface area contributed by atoms with Gasteiger partial charge in [-0.3, -0.25) is 9.59 Å². The Morgan fingerprint density at radius 1 is 1.06 bits per heavy atom. The molecule has 1 N–H and O–H groups in total. The lowest BCUT2D eigenvalue weighted by molar-refractivity contribution is -0.129. The van der Waals surface area contributed by atoms with Crippen molar-refractivity contribution >= 4 is 61.1 Å². The summed E-state index contributed by atoms with van der Waals surface area (Å²) < 4.78 is 21.6. The van der Waals surface area contributed by atoms with Crippen LogP contribution in [0.3, 0.4) is 0 Å². The Hall–Kier alpha value is -2.36. The number of carbonyl (C=O) groups is 2. The third kappa shape index (κ3) is 7.85. The van der Waals surface area contributed by atoms with Crippen LogP contribution in [-0.2, 0) is 16.1 Å². The molecule has 1 atom stereocenters. The van der Waals surface area contributed by atoms with Gasteiger partial charge in [-0.2, -0.15) is 0 Å². The van der Waals surface area contributed by atoms with Crippen molar-refractivity contribution in [2.75, 3.05) is 18.1 Å². The van der Waals surface area contributed by atoms with Gasteiger partial charge in [-0.25, -0.2) is 4.39 Å². The lowest BCUT2D eigenvalue weighted by Crippen LogP contribution is -2.33. The van der Waals surface area contributed by atoms with E-state index in [1.54, 1.807) is 44.3 Å². The van der Waals surface area contributed by atoms with Crippen LogP contribution < -0.4 is 10.1 Å². The molecule has 0 bridgehead atoms. The van der Waals surface area contributed by atoms with Crippen LogP contribution in [0.4, 0.5) is 10.1 Å². The van der Waals surface area contributed by atoms with E-state index in [2.05, 4.69) is 37.2 Å². The van der Waals surface area contributed by atoms with Crippen LogP contribution in [0, 0.1) is 5.82 Å². The molecule has 3 aromatic rings. The Balaban J connectivity index is 1.58. The minimum absolute atomic E-state index is 0.130. The van der Waals surface area contributed by atoms with E-state index >= 15 is 0 Å². The van der Waals surface area contributed by atoms with Gasteiger partial charge in [0.2, 0.25) is 11.8 Å². The molecule has 3 aromatic carbocycles. The number of ether oxygens (including phenoxy) is 1. The van der Waals surface area contributed by atoms with Crippen LogP contribution in [0.1, 0.15) is 12.5 Å². The van der Waals surface area contributed by atoms with Crippen LogP contribution in [0.25, 0.3) is 0 Å². The van der Waals surface area contributed by atoms with E-state index in [-0.39, 0.29) is 24.1 Å². The molecule has 9 heteroatoms. The number of anilines is 1. The lowest BCUT2D eigenvalue weighted by atomic mass is 10.1. The number of halogens is 3. The number of hydrogen-bond donors (Lipinski definition) is 1. The van der Waals surface area contributed by atoms with Crippen molar-refractivity contribution in [1.82, 2.24) is 4.90 Å². The molecule has 0 aromatic heterocycles. The van der Waals surface area contributed by atoms with E-state index in [1.807, 2.05) is 24.3 Å². The van der Waals surface area contributed by atoms with Gasteiger partial charge in [0.05, 0.1) is 11.0 Å². The first kappa shape index (κ1) is 26.2. The molecule has 0 heterocycles. The summed E-state index contributed by atoms with van der Waals surface area (Å²) in [4.78, 5) is 26.6. The third-order valence-corrected chi connectivity index (χ3v) is 6.92. The maximum absolute atomic E-state index is 13.9. The molecule has 0 aliphatic carbocycles. The minimum Gasteiger partial charge on any atom is -0.457 e. The maximum Gasteiger partial charge on any atom is 0.235 e. The molecular weight excluding hydrogens is 587 g/mol. The van der Waals surface area contributed by atoms with Crippen molar-refractivity contribution < 1.29 is 18.7 Å². The summed E-state index contributed by atoms with van der Waals surface area (Å²) >= 11 is 7.99. The van der Waals surface area contributed by atoms with Gasteiger partial charge in [0.25, 0.3) is 0 Å². The van der Waals surface area contributed by atoms with Gasteiger partial charge in [-0.1, -0.05) is 37.9 Å². The second-order valence-electron chi connectivity index (χ2n) is 7.51. The predicted molar refractivity (Wildman–Crippen MR) is 142 cm³/mol. The Morgan fingerprint density at radius 2 is 1.79 bits per heavy atom. The molecule has 0 spiro atoms. The normalized spacial score (nSPS) is 11.6. The number of rotatable bonds is 9. The number of nitrogens with zero attached hydrogens (tertiary/aromatic N) is 1. The second kappa shape index (κ2) is 12.4. The van der Waals surface area contributed by atoms with E-state index in [0.717, 1.165) is 8.95 Å². The van der Waals surface area contributed by atoms with Crippen LogP contribution in [0.2, 0.25) is 0 Å². The van der Waals surface area contributed by atoms with Gasteiger partial charge < -0.3 is 15.0 Å². The number of benzene rings is 3. The molecule has 178 valence electrons.